The summed E-state index contributed by atoms with van der Waals surface area (Å²) in [6.45, 7) is 2.94. The van der Waals surface area contributed by atoms with Gasteiger partial charge in [0, 0.05) is 17.5 Å². The summed E-state index contributed by atoms with van der Waals surface area (Å²) >= 11 is 13.6. The third-order valence-electron chi connectivity index (χ3n) is 2.57. The molecule has 1 aromatic carbocycles. The van der Waals surface area contributed by atoms with Gasteiger partial charge in [0.15, 0.2) is 0 Å². The van der Waals surface area contributed by atoms with Crippen LogP contribution < -0.4 is 5.32 Å². The molecule has 0 amide bonds. The third kappa shape index (κ3) is 3.46. The lowest BCUT2D eigenvalue weighted by Crippen LogP contribution is -2.17. The fourth-order valence-corrected chi connectivity index (χ4v) is 2.64. The van der Waals surface area contributed by atoms with Gasteiger partial charge in [0.25, 0.3) is 0 Å². The van der Waals surface area contributed by atoms with Crippen molar-refractivity contribution in [1.29, 1.82) is 0 Å². The minimum Gasteiger partial charge on any atom is -0.305 e. The van der Waals surface area contributed by atoms with Crippen LogP contribution >= 0.6 is 34.5 Å². The first kappa shape index (κ1) is 12.9. The molecule has 0 saturated carbocycles. The summed E-state index contributed by atoms with van der Waals surface area (Å²) in [5.74, 6) is 0. The average molecular weight is 286 g/mol. The van der Waals surface area contributed by atoms with E-state index in [1.54, 1.807) is 11.3 Å². The van der Waals surface area contributed by atoms with Crippen molar-refractivity contribution in [3.05, 3.63) is 56.2 Å². The molecule has 1 N–H and O–H groups in total. The molecule has 4 heteroatoms. The van der Waals surface area contributed by atoms with E-state index in [0.29, 0.717) is 16.1 Å². The van der Waals surface area contributed by atoms with Crippen LogP contribution in [0.3, 0.4) is 0 Å². The standard InChI is InChI=1S/C13H13Cl2NS/c1-9(13-3-2-6-17-13)16-8-10-4-5-11(14)12(15)7-10/h2-7,9,16H,8H2,1H3/t9-/m1/s1. The Morgan fingerprint density at radius 2 is 2.06 bits per heavy atom. The summed E-state index contributed by atoms with van der Waals surface area (Å²) in [5, 5.41) is 6.75. The van der Waals surface area contributed by atoms with Crippen molar-refractivity contribution in [1.82, 2.24) is 5.32 Å². The Bertz CT molecular complexity index is 482. The Morgan fingerprint density at radius 1 is 1.24 bits per heavy atom. The number of rotatable bonds is 4. The Kier molecular flexibility index (Phi) is 4.46. The van der Waals surface area contributed by atoms with Crippen molar-refractivity contribution < 1.29 is 0 Å². The second-order valence-corrected chi connectivity index (χ2v) is 5.66. The average Bonchev–Trinajstić information content (AvgIpc) is 2.84. The molecule has 0 aliphatic rings. The molecule has 1 atom stereocenters. The highest BCUT2D eigenvalue weighted by Crippen LogP contribution is 2.23. The molecule has 17 heavy (non-hydrogen) atoms. The van der Waals surface area contributed by atoms with Gasteiger partial charge in [-0.1, -0.05) is 35.3 Å². The van der Waals surface area contributed by atoms with Crippen molar-refractivity contribution in [3.63, 3.8) is 0 Å². The summed E-state index contributed by atoms with van der Waals surface area (Å²) < 4.78 is 0. The molecule has 0 radical (unpaired) electrons. The number of hydrogen-bond donors (Lipinski definition) is 1. The van der Waals surface area contributed by atoms with Crippen LogP contribution in [0.15, 0.2) is 35.7 Å². The lowest BCUT2D eigenvalue weighted by atomic mass is 10.2. The third-order valence-corrected chi connectivity index (χ3v) is 4.36. The van der Waals surface area contributed by atoms with Gasteiger partial charge >= 0.3 is 0 Å². The minimum atomic E-state index is 0.351. The van der Waals surface area contributed by atoms with E-state index < -0.39 is 0 Å². The van der Waals surface area contributed by atoms with Gasteiger partial charge in [-0.25, -0.2) is 0 Å². The second kappa shape index (κ2) is 5.87. The zero-order chi connectivity index (χ0) is 12.3. The van der Waals surface area contributed by atoms with Crippen LogP contribution in [-0.2, 0) is 6.54 Å². The first-order valence-electron chi connectivity index (χ1n) is 5.37. The van der Waals surface area contributed by atoms with Crippen molar-refractivity contribution in [2.24, 2.45) is 0 Å². The molecule has 90 valence electrons. The lowest BCUT2D eigenvalue weighted by Gasteiger charge is -2.12. The molecule has 0 unspecified atom stereocenters. The van der Waals surface area contributed by atoms with Crippen molar-refractivity contribution in [2.45, 2.75) is 19.5 Å². The molecular weight excluding hydrogens is 273 g/mol. The number of thiophene rings is 1. The Morgan fingerprint density at radius 3 is 2.71 bits per heavy atom. The maximum atomic E-state index is 5.97. The van der Waals surface area contributed by atoms with Crippen molar-refractivity contribution in [2.75, 3.05) is 0 Å². The Balaban J connectivity index is 1.96. The smallest absolute Gasteiger partial charge is 0.0595 e. The topological polar surface area (TPSA) is 12.0 Å². The fourth-order valence-electron chi connectivity index (χ4n) is 1.56. The molecule has 1 heterocycles. The largest absolute Gasteiger partial charge is 0.305 e. The van der Waals surface area contributed by atoms with E-state index in [-0.39, 0.29) is 0 Å². The SMILES string of the molecule is C[C@@H](NCc1ccc(Cl)c(Cl)c1)c1cccs1. The Hall–Kier alpha value is -0.540. The number of nitrogens with one attached hydrogen (secondary N) is 1. The van der Waals surface area contributed by atoms with Crippen molar-refractivity contribution in [3.8, 4) is 0 Å². The van der Waals surface area contributed by atoms with Gasteiger partial charge in [-0.15, -0.1) is 11.3 Å². The lowest BCUT2D eigenvalue weighted by molar-refractivity contribution is 0.583. The maximum absolute atomic E-state index is 5.97. The molecule has 0 spiro atoms. The minimum absolute atomic E-state index is 0.351. The predicted octanol–water partition coefficient (Wildman–Crippen LogP) is 4.91. The molecule has 0 bridgehead atoms. The van der Waals surface area contributed by atoms with E-state index in [4.69, 9.17) is 23.2 Å². The first-order chi connectivity index (χ1) is 8.16. The molecule has 2 rings (SSSR count). The zero-order valence-corrected chi connectivity index (χ0v) is 11.7. The molecule has 1 aromatic heterocycles. The van der Waals surface area contributed by atoms with Crippen LogP contribution in [0.4, 0.5) is 0 Å². The summed E-state index contributed by atoms with van der Waals surface area (Å²) in [4.78, 5) is 1.34. The highest BCUT2D eigenvalue weighted by Gasteiger charge is 2.06. The monoisotopic (exact) mass is 285 g/mol. The van der Waals surface area contributed by atoms with E-state index in [1.807, 2.05) is 18.2 Å². The zero-order valence-electron chi connectivity index (χ0n) is 9.41. The molecule has 0 aliphatic carbocycles. The van der Waals surface area contributed by atoms with E-state index in [9.17, 15) is 0 Å². The number of hydrogen-bond acceptors (Lipinski definition) is 2. The Labute approximate surface area is 115 Å². The highest BCUT2D eigenvalue weighted by atomic mass is 35.5. The second-order valence-electron chi connectivity index (χ2n) is 3.87. The van der Waals surface area contributed by atoms with E-state index in [0.717, 1.165) is 12.1 Å². The van der Waals surface area contributed by atoms with Crippen LogP contribution in [0, 0.1) is 0 Å². The first-order valence-corrected chi connectivity index (χ1v) is 7.01. The van der Waals surface area contributed by atoms with Gasteiger partial charge in [-0.2, -0.15) is 0 Å². The van der Waals surface area contributed by atoms with Gasteiger partial charge in [0.1, 0.15) is 0 Å². The molecule has 0 saturated heterocycles. The predicted molar refractivity (Wildman–Crippen MR) is 76.0 cm³/mol. The number of benzene rings is 1. The summed E-state index contributed by atoms with van der Waals surface area (Å²) in [6.07, 6.45) is 0. The maximum Gasteiger partial charge on any atom is 0.0595 e. The van der Waals surface area contributed by atoms with Crippen LogP contribution in [0.2, 0.25) is 10.0 Å². The van der Waals surface area contributed by atoms with E-state index in [2.05, 4.69) is 29.8 Å². The van der Waals surface area contributed by atoms with Gasteiger partial charge in [0.2, 0.25) is 0 Å². The summed E-state index contributed by atoms with van der Waals surface area (Å²) in [5.41, 5.74) is 1.14. The van der Waals surface area contributed by atoms with Gasteiger partial charge < -0.3 is 5.32 Å². The fraction of sp³-hybridized carbons (Fsp3) is 0.231. The molecular formula is C13H13Cl2NS. The van der Waals surface area contributed by atoms with E-state index >= 15 is 0 Å². The molecule has 1 nitrogen and oxygen atoms in total. The normalized spacial score (nSPS) is 12.6. The van der Waals surface area contributed by atoms with Gasteiger partial charge in [-0.3, -0.25) is 0 Å². The van der Waals surface area contributed by atoms with Crippen molar-refractivity contribution >= 4 is 34.5 Å². The van der Waals surface area contributed by atoms with Crippen LogP contribution in [0.5, 0.6) is 0 Å². The number of halogens is 2. The van der Waals surface area contributed by atoms with Crippen LogP contribution in [-0.4, -0.2) is 0 Å². The highest BCUT2D eigenvalue weighted by molar-refractivity contribution is 7.10. The van der Waals surface area contributed by atoms with Gasteiger partial charge in [-0.05, 0) is 36.1 Å². The van der Waals surface area contributed by atoms with E-state index in [1.165, 1.54) is 4.88 Å². The van der Waals surface area contributed by atoms with Crippen LogP contribution in [0.1, 0.15) is 23.4 Å². The molecule has 0 aliphatic heterocycles. The molecule has 0 fully saturated rings. The summed E-state index contributed by atoms with van der Waals surface area (Å²) in [6, 6.07) is 10.3. The summed E-state index contributed by atoms with van der Waals surface area (Å²) in [7, 11) is 0. The quantitative estimate of drug-likeness (QED) is 0.842. The molecule has 2 aromatic rings. The van der Waals surface area contributed by atoms with Crippen LogP contribution in [0.25, 0.3) is 0 Å². The van der Waals surface area contributed by atoms with Gasteiger partial charge in [0.05, 0.1) is 10.0 Å².